The highest BCUT2D eigenvalue weighted by Crippen LogP contribution is 2.21. The highest BCUT2D eigenvalue weighted by Gasteiger charge is 2.27. The molecule has 0 aliphatic carbocycles. The van der Waals surface area contributed by atoms with E-state index in [0.29, 0.717) is 12.6 Å². The third-order valence-electron chi connectivity index (χ3n) is 6.50. The largest absolute Gasteiger partial charge is 0.466 e. The molecule has 3 rings (SSSR count). The molecule has 0 aromatic heterocycles. The van der Waals surface area contributed by atoms with Gasteiger partial charge in [-0.1, -0.05) is 30.7 Å². The molecule has 1 atom stereocenters. The molecule has 0 amide bonds. The van der Waals surface area contributed by atoms with Crippen molar-refractivity contribution in [2.75, 3.05) is 33.3 Å². The number of nitrogens with zero attached hydrogens (tertiary/aromatic N) is 3. The highest BCUT2D eigenvalue weighted by molar-refractivity contribution is 5.80. The minimum absolute atomic E-state index is 0.0200. The maximum atomic E-state index is 12.0. The van der Waals surface area contributed by atoms with E-state index >= 15 is 0 Å². The molecule has 2 fully saturated rings. The molecule has 0 bridgehead atoms. The Labute approximate surface area is 181 Å². The lowest BCUT2D eigenvalue weighted by molar-refractivity contribution is -0.149. The summed E-state index contributed by atoms with van der Waals surface area (Å²) in [4.78, 5) is 21.3. The van der Waals surface area contributed by atoms with Gasteiger partial charge in [0, 0.05) is 39.3 Å². The molecule has 30 heavy (non-hydrogen) atoms. The lowest BCUT2D eigenvalue weighted by Crippen LogP contribution is -2.46. The van der Waals surface area contributed by atoms with E-state index in [1.807, 2.05) is 14.0 Å². The van der Waals surface area contributed by atoms with Crippen LogP contribution in [0.3, 0.4) is 0 Å². The van der Waals surface area contributed by atoms with E-state index in [1.54, 1.807) is 0 Å². The monoisotopic (exact) mass is 414 g/mol. The first-order valence-corrected chi connectivity index (χ1v) is 11.6. The second-order valence-electron chi connectivity index (χ2n) is 8.50. The second kappa shape index (κ2) is 11.3. The number of piperidine rings is 2. The SMILES string of the molecule is CCOC(=O)C1CCN(C(=NC)NCc2ccccc2CN2CCCCC2C)CC1. The van der Waals surface area contributed by atoms with Crippen LogP contribution in [0.4, 0.5) is 0 Å². The van der Waals surface area contributed by atoms with Crippen LogP contribution in [-0.2, 0) is 22.6 Å². The van der Waals surface area contributed by atoms with Gasteiger partial charge in [-0.2, -0.15) is 0 Å². The summed E-state index contributed by atoms with van der Waals surface area (Å²) in [6.07, 6.45) is 5.60. The number of esters is 1. The molecule has 1 aromatic rings. The van der Waals surface area contributed by atoms with Crippen molar-refractivity contribution in [3.63, 3.8) is 0 Å². The van der Waals surface area contributed by atoms with Crippen LogP contribution in [0.5, 0.6) is 0 Å². The Morgan fingerprint density at radius 2 is 1.87 bits per heavy atom. The normalized spacial score (nSPS) is 21.5. The number of nitrogens with one attached hydrogen (secondary N) is 1. The van der Waals surface area contributed by atoms with Gasteiger partial charge >= 0.3 is 5.97 Å². The number of ether oxygens (including phenoxy) is 1. The molecule has 0 saturated carbocycles. The minimum atomic E-state index is -0.0547. The topological polar surface area (TPSA) is 57.2 Å². The summed E-state index contributed by atoms with van der Waals surface area (Å²) in [5.74, 6) is 0.881. The molecule has 1 N–H and O–H groups in total. The number of hydrogen-bond donors (Lipinski definition) is 1. The van der Waals surface area contributed by atoms with Crippen molar-refractivity contribution in [2.24, 2.45) is 10.9 Å². The zero-order chi connectivity index (χ0) is 21.3. The van der Waals surface area contributed by atoms with Crippen molar-refractivity contribution in [1.82, 2.24) is 15.1 Å². The van der Waals surface area contributed by atoms with Crippen molar-refractivity contribution in [1.29, 1.82) is 0 Å². The van der Waals surface area contributed by atoms with Gasteiger partial charge in [0.05, 0.1) is 12.5 Å². The average Bonchev–Trinajstić information content (AvgIpc) is 2.77. The third kappa shape index (κ3) is 5.97. The van der Waals surface area contributed by atoms with Crippen molar-refractivity contribution in [3.8, 4) is 0 Å². The summed E-state index contributed by atoms with van der Waals surface area (Å²) >= 11 is 0. The smallest absolute Gasteiger partial charge is 0.309 e. The summed E-state index contributed by atoms with van der Waals surface area (Å²) in [6, 6.07) is 9.40. The van der Waals surface area contributed by atoms with Crippen LogP contribution in [0.1, 0.15) is 57.1 Å². The Morgan fingerprint density at radius 3 is 2.53 bits per heavy atom. The average molecular weight is 415 g/mol. The Kier molecular flexibility index (Phi) is 8.55. The van der Waals surface area contributed by atoms with Crippen LogP contribution in [0.15, 0.2) is 29.3 Å². The summed E-state index contributed by atoms with van der Waals surface area (Å²) in [7, 11) is 1.83. The number of benzene rings is 1. The molecule has 166 valence electrons. The fraction of sp³-hybridized carbons (Fsp3) is 0.667. The van der Waals surface area contributed by atoms with Gasteiger partial charge in [-0.05, 0) is 57.2 Å². The predicted octanol–water partition coefficient (Wildman–Crippen LogP) is 3.41. The first-order valence-electron chi connectivity index (χ1n) is 11.6. The minimum Gasteiger partial charge on any atom is -0.466 e. The van der Waals surface area contributed by atoms with Gasteiger partial charge in [-0.25, -0.2) is 0 Å². The van der Waals surface area contributed by atoms with Gasteiger partial charge in [0.1, 0.15) is 0 Å². The predicted molar refractivity (Wildman–Crippen MR) is 121 cm³/mol. The standard InChI is InChI=1S/C24H38N4O2/c1-4-30-23(29)20-12-15-27(16-13-20)24(25-3)26-17-21-10-5-6-11-22(21)18-28-14-8-7-9-19(28)2/h5-6,10-11,19-20H,4,7-9,12-18H2,1-3H3,(H,25,26). The van der Waals surface area contributed by atoms with Crippen LogP contribution in [0.2, 0.25) is 0 Å². The van der Waals surface area contributed by atoms with Crippen molar-refractivity contribution in [2.45, 2.75) is 65.1 Å². The van der Waals surface area contributed by atoms with Crippen molar-refractivity contribution >= 4 is 11.9 Å². The lowest BCUT2D eigenvalue weighted by atomic mass is 9.97. The molecule has 2 heterocycles. The molecule has 1 aromatic carbocycles. The van der Waals surface area contributed by atoms with Crippen LogP contribution in [-0.4, -0.2) is 61.1 Å². The lowest BCUT2D eigenvalue weighted by Gasteiger charge is -2.34. The van der Waals surface area contributed by atoms with Gasteiger partial charge in [0.25, 0.3) is 0 Å². The van der Waals surface area contributed by atoms with Crippen molar-refractivity contribution < 1.29 is 9.53 Å². The summed E-state index contributed by atoms with van der Waals surface area (Å²) < 4.78 is 5.18. The van der Waals surface area contributed by atoms with Gasteiger partial charge in [0.2, 0.25) is 0 Å². The van der Waals surface area contributed by atoms with Gasteiger partial charge in [0.15, 0.2) is 5.96 Å². The fourth-order valence-corrected chi connectivity index (χ4v) is 4.59. The van der Waals surface area contributed by atoms with E-state index in [0.717, 1.165) is 45.0 Å². The summed E-state index contributed by atoms with van der Waals surface area (Å²) in [5.41, 5.74) is 2.73. The number of guanidine groups is 1. The van der Waals surface area contributed by atoms with Gasteiger partial charge < -0.3 is 15.0 Å². The number of likely N-dealkylation sites (tertiary alicyclic amines) is 2. The number of carbonyl (C=O) groups excluding carboxylic acids is 1. The number of aliphatic imine (C=N–C) groups is 1. The molecule has 2 aliphatic heterocycles. The van der Waals surface area contributed by atoms with Crippen LogP contribution < -0.4 is 5.32 Å². The van der Waals surface area contributed by atoms with E-state index < -0.39 is 0 Å². The molecule has 1 unspecified atom stereocenters. The Hall–Kier alpha value is -2.08. The van der Waals surface area contributed by atoms with E-state index in [-0.39, 0.29) is 11.9 Å². The van der Waals surface area contributed by atoms with E-state index in [1.165, 1.54) is 36.9 Å². The van der Waals surface area contributed by atoms with E-state index in [4.69, 9.17) is 4.74 Å². The third-order valence-corrected chi connectivity index (χ3v) is 6.50. The number of rotatable bonds is 6. The Morgan fingerprint density at radius 1 is 1.13 bits per heavy atom. The zero-order valence-electron chi connectivity index (χ0n) is 18.9. The second-order valence-corrected chi connectivity index (χ2v) is 8.50. The molecular formula is C24H38N4O2. The first kappa shape index (κ1) is 22.6. The highest BCUT2D eigenvalue weighted by atomic mass is 16.5. The molecule has 2 saturated heterocycles. The molecule has 0 spiro atoms. The van der Waals surface area contributed by atoms with E-state index in [9.17, 15) is 4.79 Å². The summed E-state index contributed by atoms with van der Waals surface area (Å²) in [6.45, 7) is 9.31. The molecule has 6 heteroatoms. The maximum Gasteiger partial charge on any atom is 0.309 e. The molecule has 0 radical (unpaired) electrons. The van der Waals surface area contributed by atoms with Gasteiger partial charge in [-0.3, -0.25) is 14.7 Å². The summed E-state index contributed by atoms with van der Waals surface area (Å²) in [5, 5.41) is 3.55. The van der Waals surface area contributed by atoms with Crippen LogP contribution >= 0.6 is 0 Å². The molecule has 6 nitrogen and oxygen atoms in total. The van der Waals surface area contributed by atoms with E-state index in [2.05, 4.69) is 51.3 Å². The molecular weight excluding hydrogens is 376 g/mol. The number of hydrogen-bond acceptors (Lipinski definition) is 4. The zero-order valence-corrected chi connectivity index (χ0v) is 18.9. The Balaban J connectivity index is 1.55. The molecule has 2 aliphatic rings. The maximum absolute atomic E-state index is 12.0. The van der Waals surface area contributed by atoms with Crippen molar-refractivity contribution in [3.05, 3.63) is 35.4 Å². The van der Waals surface area contributed by atoms with Crippen LogP contribution in [0, 0.1) is 5.92 Å². The fourth-order valence-electron chi connectivity index (χ4n) is 4.59. The Bertz CT molecular complexity index is 713. The number of carbonyl (C=O) groups is 1. The van der Waals surface area contributed by atoms with Gasteiger partial charge in [-0.15, -0.1) is 0 Å². The van der Waals surface area contributed by atoms with Crippen LogP contribution in [0.25, 0.3) is 0 Å². The first-order chi connectivity index (χ1) is 14.6. The quantitative estimate of drug-likeness (QED) is 0.439.